The van der Waals surface area contributed by atoms with Gasteiger partial charge in [0.15, 0.2) is 5.82 Å². The van der Waals surface area contributed by atoms with Gasteiger partial charge in [0.1, 0.15) is 0 Å². The number of aromatic nitrogens is 2. The maximum atomic E-state index is 6.00. The number of hydrogen-bond donors (Lipinski definition) is 1. The summed E-state index contributed by atoms with van der Waals surface area (Å²) in [6.45, 7) is 4.99. The molecule has 5 heteroatoms. The van der Waals surface area contributed by atoms with Crippen LogP contribution in [0.5, 0.6) is 5.88 Å². The lowest BCUT2D eigenvalue weighted by molar-refractivity contribution is 0.325. The Morgan fingerprint density at radius 1 is 1.18 bits per heavy atom. The zero-order valence-corrected chi connectivity index (χ0v) is 12.9. The largest absolute Gasteiger partial charge is 0.475 e. The van der Waals surface area contributed by atoms with Crippen LogP contribution in [-0.2, 0) is 0 Å². The predicted octanol–water partition coefficient (Wildman–Crippen LogP) is 2.05. The summed E-state index contributed by atoms with van der Waals surface area (Å²) in [5.41, 5.74) is 7.34. The van der Waals surface area contributed by atoms with E-state index in [1.54, 1.807) is 12.4 Å². The van der Waals surface area contributed by atoms with Crippen molar-refractivity contribution < 1.29 is 4.74 Å². The third-order valence-corrected chi connectivity index (χ3v) is 4.20. The van der Waals surface area contributed by atoms with E-state index in [0.29, 0.717) is 30.9 Å². The van der Waals surface area contributed by atoms with Gasteiger partial charge in [-0.3, -0.25) is 0 Å². The third-order valence-electron chi connectivity index (χ3n) is 4.20. The van der Waals surface area contributed by atoms with E-state index in [-0.39, 0.29) is 0 Å². The van der Waals surface area contributed by atoms with E-state index in [0.717, 1.165) is 18.9 Å². The fraction of sp³-hybridized carbons (Fsp3) is 0.412. The minimum Gasteiger partial charge on any atom is -0.475 e. The lowest BCUT2D eigenvalue weighted by atomic mass is 9.89. The van der Waals surface area contributed by atoms with Crippen LogP contribution in [-0.4, -0.2) is 36.2 Å². The maximum absolute atomic E-state index is 6.00. The highest BCUT2D eigenvalue weighted by atomic mass is 16.5. The van der Waals surface area contributed by atoms with Crippen molar-refractivity contribution in [1.29, 1.82) is 0 Å². The number of rotatable bonds is 5. The van der Waals surface area contributed by atoms with Gasteiger partial charge in [-0.2, -0.15) is 0 Å². The minimum absolute atomic E-state index is 0.416. The fourth-order valence-electron chi connectivity index (χ4n) is 3.13. The van der Waals surface area contributed by atoms with Crippen molar-refractivity contribution in [3.05, 3.63) is 48.3 Å². The van der Waals surface area contributed by atoms with Gasteiger partial charge in [-0.25, -0.2) is 9.97 Å². The van der Waals surface area contributed by atoms with Crippen LogP contribution in [0.3, 0.4) is 0 Å². The molecule has 3 rings (SSSR count). The molecule has 22 heavy (non-hydrogen) atoms. The molecule has 0 unspecified atom stereocenters. The molecule has 0 spiro atoms. The van der Waals surface area contributed by atoms with Gasteiger partial charge in [0.2, 0.25) is 0 Å². The van der Waals surface area contributed by atoms with Crippen molar-refractivity contribution in [3.8, 4) is 5.88 Å². The van der Waals surface area contributed by atoms with Crippen molar-refractivity contribution in [1.82, 2.24) is 9.97 Å². The number of nitrogens with zero attached hydrogens (tertiary/aromatic N) is 3. The minimum atomic E-state index is 0.416. The van der Waals surface area contributed by atoms with Crippen molar-refractivity contribution in [2.75, 3.05) is 31.1 Å². The topological polar surface area (TPSA) is 64.3 Å². The van der Waals surface area contributed by atoms with Crippen LogP contribution in [0.2, 0.25) is 0 Å². The molecule has 1 aromatic carbocycles. The van der Waals surface area contributed by atoms with Crippen LogP contribution < -0.4 is 15.4 Å². The van der Waals surface area contributed by atoms with Crippen LogP contribution in [0.15, 0.2) is 42.7 Å². The van der Waals surface area contributed by atoms with Gasteiger partial charge in [0.25, 0.3) is 5.88 Å². The molecule has 5 nitrogen and oxygen atoms in total. The Bertz CT molecular complexity index is 605. The molecule has 1 saturated heterocycles. The molecule has 1 fully saturated rings. The molecule has 1 aliphatic rings. The van der Waals surface area contributed by atoms with E-state index in [2.05, 4.69) is 39.1 Å². The highest BCUT2D eigenvalue weighted by molar-refractivity contribution is 5.50. The number of nitrogens with two attached hydrogens (primary N) is 1. The highest BCUT2D eigenvalue weighted by Gasteiger charge is 2.34. The van der Waals surface area contributed by atoms with E-state index >= 15 is 0 Å². The average Bonchev–Trinajstić information content (AvgIpc) is 3.01. The molecule has 2 heterocycles. The molecule has 116 valence electrons. The molecular formula is C17H22N4O. The molecule has 1 aliphatic heterocycles. The van der Waals surface area contributed by atoms with Gasteiger partial charge >= 0.3 is 0 Å². The maximum Gasteiger partial charge on any atom is 0.257 e. The van der Waals surface area contributed by atoms with Crippen molar-refractivity contribution in [3.63, 3.8) is 0 Å². The molecule has 0 bridgehead atoms. The van der Waals surface area contributed by atoms with E-state index < -0.39 is 0 Å². The smallest absolute Gasteiger partial charge is 0.257 e. The standard InChI is InChI=1S/C17H22N4O/c1-2-22-17-16(19-8-9-20-17)21-11-14(10-18)15(12-21)13-6-4-3-5-7-13/h3-9,14-15H,2,10-12,18H2,1H3/t14-,15+/m1/s1. The Labute approximate surface area is 131 Å². The monoisotopic (exact) mass is 298 g/mol. The number of anilines is 1. The molecule has 0 aliphatic carbocycles. The quantitative estimate of drug-likeness (QED) is 0.915. The molecular weight excluding hydrogens is 276 g/mol. The first-order valence-corrected chi connectivity index (χ1v) is 7.77. The summed E-state index contributed by atoms with van der Waals surface area (Å²) in [7, 11) is 0. The molecule has 0 radical (unpaired) electrons. The first-order chi connectivity index (χ1) is 10.8. The Morgan fingerprint density at radius 3 is 2.68 bits per heavy atom. The van der Waals surface area contributed by atoms with Crippen LogP contribution in [0.1, 0.15) is 18.4 Å². The molecule has 2 atom stereocenters. The van der Waals surface area contributed by atoms with Crippen LogP contribution in [0.25, 0.3) is 0 Å². The summed E-state index contributed by atoms with van der Waals surface area (Å²) in [6, 6.07) is 10.6. The highest BCUT2D eigenvalue weighted by Crippen LogP contribution is 2.36. The number of hydrogen-bond acceptors (Lipinski definition) is 5. The van der Waals surface area contributed by atoms with Crippen LogP contribution >= 0.6 is 0 Å². The van der Waals surface area contributed by atoms with E-state index in [1.165, 1.54) is 5.56 Å². The third kappa shape index (κ3) is 2.90. The zero-order valence-electron chi connectivity index (χ0n) is 12.9. The molecule has 0 amide bonds. The summed E-state index contributed by atoms with van der Waals surface area (Å²) in [5, 5.41) is 0. The molecule has 2 aromatic rings. The second-order valence-electron chi connectivity index (χ2n) is 5.54. The summed E-state index contributed by atoms with van der Waals surface area (Å²) >= 11 is 0. The Hall–Kier alpha value is -2.14. The van der Waals surface area contributed by atoms with Crippen molar-refractivity contribution >= 4 is 5.82 Å². The van der Waals surface area contributed by atoms with Crippen molar-refractivity contribution in [2.45, 2.75) is 12.8 Å². The van der Waals surface area contributed by atoms with Gasteiger partial charge in [-0.15, -0.1) is 0 Å². The van der Waals surface area contributed by atoms with Gasteiger partial charge in [-0.1, -0.05) is 30.3 Å². The van der Waals surface area contributed by atoms with Crippen LogP contribution in [0.4, 0.5) is 5.82 Å². The normalized spacial score (nSPS) is 21.1. The SMILES string of the molecule is CCOc1nccnc1N1C[C@@H](CN)[C@H](c2ccccc2)C1. The summed E-state index contributed by atoms with van der Waals surface area (Å²) < 4.78 is 5.61. The predicted molar refractivity (Wildman–Crippen MR) is 87.1 cm³/mol. The van der Waals surface area contributed by atoms with Crippen molar-refractivity contribution in [2.24, 2.45) is 11.7 Å². The molecule has 1 aromatic heterocycles. The Morgan fingerprint density at radius 2 is 1.95 bits per heavy atom. The number of benzene rings is 1. The first-order valence-electron chi connectivity index (χ1n) is 7.77. The average molecular weight is 298 g/mol. The summed E-state index contributed by atoms with van der Waals surface area (Å²) in [5.74, 6) is 2.26. The summed E-state index contributed by atoms with van der Waals surface area (Å²) in [6.07, 6.45) is 3.38. The lowest BCUT2D eigenvalue weighted by Crippen LogP contribution is -2.24. The second-order valence-corrected chi connectivity index (χ2v) is 5.54. The zero-order chi connectivity index (χ0) is 15.4. The van der Waals surface area contributed by atoms with Gasteiger partial charge in [-0.05, 0) is 24.9 Å². The van der Waals surface area contributed by atoms with E-state index in [9.17, 15) is 0 Å². The molecule has 0 saturated carbocycles. The summed E-state index contributed by atoms with van der Waals surface area (Å²) in [4.78, 5) is 11.0. The fourth-order valence-corrected chi connectivity index (χ4v) is 3.13. The lowest BCUT2D eigenvalue weighted by Gasteiger charge is -2.19. The number of ether oxygens (including phenoxy) is 1. The van der Waals surface area contributed by atoms with Crippen LogP contribution in [0, 0.1) is 5.92 Å². The second kappa shape index (κ2) is 6.75. The Balaban J connectivity index is 1.86. The first kappa shape index (κ1) is 14.8. The van der Waals surface area contributed by atoms with Gasteiger partial charge < -0.3 is 15.4 Å². The van der Waals surface area contributed by atoms with E-state index in [1.807, 2.05) is 13.0 Å². The Kier molecular flexibility index (Phi) is 4.53. The van der Waals surface area contributed by atoms with Gasteiger partial charge in [0, 0.05) is 31.4 Å². The van der Waals surface area contributed by atoms with Gasteiger partial charge in [0.05, 0.1) is 6.61 Å². The molecule has 2 N–H and O–H groups in total. The van der Waals surface area contributed by atoms with E-state index in [4.69, 9.17) is 10.5 Å².